The van der Waals surface area contributed by atoms with Gasteiger partial charge in [0.1, 0.15) is 5.60 Å². The summed E-state index contributed by atoms with van der Waals surface area (Å²) >= 11 is 0. The average Bonchev–Trinajstić information content (AvgIpc) is 2.09. The fraction of sp³-hybridized carbons (Fsp3) is 0.923. The molecule has 1 atom stereocenters. The standard InChI is InChI=1S/C13H27NO2/c1-10(2)11(3)14(7)9-8-12(15)16-13(4,5)6/h10-11H,8-9H2,1-7H3. The summed E-state index contributed by atoms with van der Waals surface area (Å²) in [5.41, 5.74) is -0.376. The van der Waals surface area contributed by atoms with E-state index in [1.165, 1.54) is 0 Å². The van der Waals surface area contributed by atoms with Gasteiger partial charge in [-0.25, -0.2) is 0 Å². The first-order valence-electron chi connectivity index (χ1n) is 6.05. The Morgan fingerprint density at radius 1 is 1.25 bits per heavy atom. The van der Waals surface area contributed by atoms with Gasteiger partial charge in [0.15, 0.2) is 0 Å². The smallest absolute Gasteiger partial charge is 0.307 e. The highest BCUT2D eigenvalue weighted by Gasteiger charge is 2.18. The summed E-state index contributed by atoms with van der Waals surface area (Å²) in [6.07, 6.45) is 0.463. The van der Waals surface area contributed by atoms with Crippen LogP contribution in [0.4, 0.5) is 0 Å². The minimum atomic E-state index is -0.376. The maximum atomic E-state index is 11.5. The molecule has 0 rings (SSSR count). The van der Waals surface area contributed by atoms with E-state index in [1.807, 2.05) is 20.8 Å². The van der Waals surface area contributed by atoms with Crippen LogP contribution in [0.5, 0.6) is 0 Å². The molecule has 96 valence electrons. The first kappa shape index (κ1) is 15.4. The van der Waals surface area contributed by atoms with Crippen molar-refractivity contribution in [3.05, 3.63) is 0 Å². The Balaban J connectivity index is 3.93. The summed E-state index contributed by atoms with van der Waals surface area (Å²) < 4.78 is 5.26. The van der Waals surface area contributed by atoms with Crippen molar-refractivity contribution in [3.8, 4) is 0 Å². The quantitative estimate of drug-likeness (QED) is 0.679. The Morgan fingerprint density at radius 2 is 1.75 bits per heavy atom. The Hall–Kier alpha value is -0.570. The minimum Gasteiger partial charge on any atom is -0.460 e. The van der Waals surface area contributed by atoms with Gasteiger partial charge in [-0.15, -0.1) is 0 Å². The average molecular weight is 229 g/mol. The summed E-state index contributed by atoms with van der Waals surface area (Å²) in [5.74, 6) is 0.485. The van der Waals surface area contributed by atoms with Crippen molar-refractivity contribution < 1.29 is 9.53 Å². The first-order valence-corrected chi connectivity index (χ1v) is 6.05. The first-order chi connectivity index (χ1) is 7.13. The van der Waals surface area contributed by atoms with E-state index < -0.39 is 0 Å². The van der Waals surface area contributed by atoms with E-state index in [9.17, 15) is 4.79 Å². The van der Waals surface area contributed by atoms with Gasteiger partial charge in [-0.1, -0.05) is 13.8 Å². The number of hydrogen-bond acceptors (Lipinski definition) is 3. The molecule has 0 aliphatic heterocycles. The van der Waals surface area contributed by atoms with Gasteiger partial charge >= 0.3 is 5.97 Å². The molecule has 0 saturated heterocycles. The van der Waals surface area contributed by atoms with Crippen molar-refractivity contribution in [1.29, 1.82) is 0 Å². The van der Waals surface area contributed by atoms with E-state index in [4.69, 9.17) is 4.74 Å². The summed E-state index contributed by atoms with van der Waals surface area (Å²) in [5, 5.41) is 0. The third kappa shape index (κ3) is 6.83. The number of rotatable bonds is 5. The van der Waals surface area contributed by atoms with E-state index in [-0.39, 0.29) is 11.6 Å². The van der Waals surface area contributed by atoms with E-state index in [2.05, 4.69) is 32.7 Å². The normalized spacial score (nSPS) is 14.3. The molecule has 0 N–H and O–H groups in total. The van der Waals surface area contributed by atoms with Crippen LogP contribution in [-0.4, -0.2) is 36.1 Å². The van der Waals surface area contributed by atoms with Crippen molar-refractivity contribution >= 4 is 5.97 Å². The Morgan fingerprint density at radius 3 is 2.12 bits per heavy atom. The van der Waals surface area contributed by atoms with E-state index in [1.54, 1.807) is 0 Å². The second-order valence-corrected chi connectivity index (χ2v) is 5.80. The van der Waals surface area contributed by atoms with Crippen LogP contribution >= 0.6 is 0 Å². The molecular weight excluding hydrogens is 202 g/mol. The van der Waals surface area contributed by atoms with Crippen LogP contribution in [0.25, 0.3) is 0 Å². The van der Waals surface area contributed by atoms with Crippen molar-refractivity contribution in [2.75, 3.05) is 13.6 Å². The maximum Gasteiger partial charge on any atom is 0.307 e. The minimum absolute atomic E-state index is 0.115. The van der Waals surface area contributed by atoms with E-state index >= 15 is 0 Å². The van der Waals surface area contributed by atoms with Gasteiger partial charge in [-0.05, 0) is 40.7 Å². The third-order valence-electron chi connectivity index (χ3n) is 2.75. The lowest BCUT2D eigenvalue weighted by molar-refractivity contribution is -0.155. The van der Waals surface area contributed by atoms with E-state index in [0.717, 1.165) is 6.54 Å². The van der Waals surface area contributed by atoms with Crippen molar-refractivity contribution in [2.24, 2.45) is 5.92 Å². The van der Waals surface area contributed by atoms with Crippen LogP contribution < -0.4 is 0 Å². The second-order valence-electron chi connectivity index (χ2n) is 5.80. The van der Waals surface area contributed by atoms with Crippen molar-refractivity contribution in [2.45, 2.75) is 59.6 Å². The monoisotopic (exact) mass is 229 g/mol. The molecule has 0 spiro atoms. The number of carbonyl (C=O) groups is 1. The molecule has 0 radical (unpaired) electrons. The Kier molecular flexibility index (Phi) is 6.01. The highest BCUT2D eigenvalue weighted by Crippen LogP contribution is 2.11. The topological polar surface area (TPSA) is 29.5 Å². The van der Waals surface area contributed by atoms with Crippen LogP contribution in [0, 0.1) is 5.92 Å². The molecule has 0 heterocycles. The molecule has 0 fully saturated rings. The number of nitrogens with zero attached hydrogens (tertiary/aromatic N) is 1. The van der Waals surface area contributed by atoms with Gasteiger partial charge in [0, 0.05) is 12.6 Å². The molecule has 0 bridgehead atoms. The summed E-state index contributed by atoms with van der Waals surface area (Å²) in [6, 6.07) is 0.488. The molecule has 16 heavy (non-hydrogen) atoms. The zero-order chi connectivity index (χ0) is 12.9. The maximum absolute atomic E-state index is 11.5. The lowest BCUT2D eigenvalue weighted by atomic mass is 10.1. The van der Waals surface area contributed by atoms with Crippen LogP contribution in [0.1, 0.15) is 48.0 Å². The summed E-state index contributed by atoms with van der Waals surface area (Å²) in [4.78, 5) is 13.7. The Bertz CT molecular complexity index is 218. The molecular formula is C13H27NO2. The van der Waals surface area contributed by atoms with E-state index in [0.29, 0.717) is 18.4 Å². The van der Waals surface area contributed by atoms with Crippen LogP contribution in [0.3, 0.4) is 0 Å². The highest BCUT2D eigenvalue weighted by molar-refractivity contribution is 5.70. The molecule has 0 amide bonds. The van der Waals surface area contributed by atoms with Crippen LogP contribution in [0.15, 0.2) is 0 Å². The fourth-order valence-electron chi connectivity index (χ4n) is 1.37. The van der Waals surface area contributed by atoms with Gasteiger partial charge in [0.05, 0.1) is 6.42 Å². The zero-order valence-electron chi connectivity index (χ0n) is 11.8. The van der Waals surface area contributed by atoms with Gasteiger partial charge in [0.2, 0.25) is 0 Å². The molecule has 0 aromatic heterocycles. The second kappa shape index (κ2) is 6.24. The molecule has 0 saturated carbocycles. The SMILES string of the molecule is CC(C)C(C)N(C)CCC(=O)OC(C)(C)C. The molecule has 3 heteroatoms. The molecule has 0 aromatic carbocycles. The van der Waals surface area contributed by atoms with Gasteiger partial charge in [0.25, 0.3) is 0 Å². The fourth-order valence-corrected chi connectivity index (χ4v) is 1.37. The number of ether oxygens (including phenoxy) is 1. The molecule has 0 aromatic rings. The zero-order valence-corrected chi connectivity index (χ0v) is 11.8. The number of esters is 1. The van der Waals surface area contributed by atoms with Crippen LogP contribution in [-0.2, 0) is 9.53 Å². The van der Waals surface area contributed by atoms with Crippen molar-refractivity contribution in [1.82, 2.24) is 4.90 Å². The Labute approximate surface area is 100 Å². The lowest BCUT2D eigenvalue weighted by Crippen LogP contribution is -2.35. The highest BCUT2D eigenvalue weighted by atomic mass is 16.6. The lowest BCUT2D eigenvalue weighted by Gasteiger charge is -2.28. The molecule has 1 unspecified atom stereocenters. The summed E-state index contributed by atoms with van der Waals surface area (Å²) in [6.45, 7) is 13.0. The summed E-state index contributed by atoms with van der Waals surface area (Å²) in [7, 11) is 2.05. The predicted molar refractivity (Wildman–Crippen MR) is 67.4 cm³/mol. The number of carbonyl (C=O) groups excluding carboxylic acids is 1. The number of hydrogen-bond donors (Lipinski definition) is 0. The van der Waals surface area contributed by atoms with Gasteiger partial charge < -0.3 is 9.64 Å². The predicted octanol–water partition coefficient (Wildman–Crippen LogP) is 2.69. The largest absolute Gasteiger partial charge is 0.460 e. The molecule has 0 aliphatic rings. The molecule has 0 aliphatic carbocycles. The van der Waals surface area contributed by atoms with Gasteiger partial charge in [-0.2, -0.15) is 0 Å². The van der Waals surface area contributed by atoms with Gasteiger partial charge in [-0.3, -0.25) is 4.79 Å². The van der Waals surface area contributed by atoms with Crippen molar-refractivity contribution in [3.63, 3.8) is 0 Å². The molecule has 3 nitrogen and oxygen atoms in total. The van der Waals surface area contributed by atoms with Crippen LogP contribution in [0.2, 0.25) is 0 Å². The third-order valence-corrected chi connectivity index (χ3v) is 2.75.